The molecule has 0 fully saturated rings. The van der Waals surface area contributed by atoms with Crippen LogP contribution in [0.15, 0.2) is 24.3 Å². The van der Waals surface area contributed by atoms with E-state index >= 15 is 0 Å². The lowest BCUT2D eigenvalue weighted by molar-refractivity contribution is -0.117. The minimum Gasteiger partial charge on any atom is -0.325 e. The molecular formula is C10H15ClN2O. The third-order valence-electron chi connectivity index (χ3n) is 1.82. The molecule has 0 aromatic heterocycles. The Kier molecular flexibility index (Phi) is 5.20. The highest BCUT2D eigenvalue weighted by molar-refractivity contribution is 5.94. The number of nitrogens with two attached hydrogens (primary N) is 1. The molecule has 0 spiro atoms. The number of aryl methyl sites for hydroxylation is 1. The molecule has 0 saturated heterocycles. The predicted molar refractivity (Wildman–Crippen MR) is 60.7 cm³/mol. The third kappa shape index (κ3) is 3.36. The van der Waals surface area contributed by atoms with E-state index in [1.165, 1.54) is 0 Å². The van der Waals surface area contributed by atoms with E-state index in [2.05, 4.69) is 5.32 Å². The van der Waals surface area contributed by atoms with Gasteiger partial charge < -0.3 is 11.1 Å². The Balaban J connectivity index is 0.00000169. The van der Waals surface area contributed by atoms with Gasteiger partial charge in [0.2, 0.25) is 5.91 Å². The third-order valence-corrected chi connectivity index (χ3v) is 1.82. The molecule has 0 heterocycles. The van der Waals surface area contributed by atoms with Crippen molar-refractivity contribution in [3.63, 3.8) is 0 Å². The van der Waals surface area contributed by atoms with Gasteiger partial charge in [-0.15, -0.1) is 12.4 Å². The second kappa shape index (κ2) is 5.62. The zero-order valence-electron chi connectivity index (χ0n) is 8.28. The van der Waals surface area contributed by atoms with E-state index in [-0.39, 0.29) is 18.3 Å². The zero-order valence-corrected chi connectivity index (χ0v) is 9.10. The maximum atomic E-state index is 11.2. The Morgan fingerprint density at radius 1 is 1.43 bits per heavy atom. The normalized spacial score (nSPS) is 11.4. The number of para-hydroxylation sites is 1. The molecule has 0 unspecified atom stereocenters. The molecule has 1 amide bonds. The number of anilines is 1. The summed E-state index contributed by atoms with van der Waals surface area (Å²) in [5.41, 5.74) is 7.28. The molecule has 4 heteroatoms. The fraction of sp³-hybridized carbons (Fsp3) is 0.300. The molecule has 1 aromatic carbocycles. The summed E-state index contributed by atoms with van der Waals surface area (Å²) in [6.45, 7) is 3.60. The number of nitrogens with one attached hydrogen (secondary N) is 1. The van der Waals surface area contributed by atoms with Crippen molar-refractivity contribution in [3.05, 3.63) is 29.8 Å². The molecule has 3 N–H and O–H groups in total. The summed E-state index contributed by atoms with van der Waals surface area (Å²) in [5.74, 6) is -0.158. The molecule has 1 rings (SSSR count). The first-order valence-electron chi connectivity index (χ1n) is 4.23. The van der Waals surface area contributed by atoms with Crippen LogP contribution in [0.1, 0.15) is 12.5 Å². The molecule has 3 nitrogen and oxygen atoms in total. The van der Waals surface area contributed by atoms with E-state index in [1.807, 2.05) is 31.2 Å². The largest absolute Gasteiger partial charge is 0.325 e. The number of carbonyl (C=O) groups is 1. The molecule has 1 aromatic rings. The van der Waals surface area contributed by atoms with Crippen LogP contribution in [0.4, 0.5) is 5.69 Å². The predicted octanol–water partition coefficient (Wildman–Crippen LogP) is 1.70. The first-order valence-corrected chi connectivity index (χ1v) is 4.23. The van der Waals surface area contributed by atoms with E-state index in [9.17, 15) is 4.79 Å². The first kappa shape index (κ1) is 12.9. The van der Waals surface area contributed by atoms with Crippen LogP contribution in [0.5, 0.6) is 0 Å². The van der Waals surface area contributed by atoms with Gasteiger partial charge in [0.25, 0.3) is 0 Å². The van der Waals surface area contributed by atoms with Crippen LogP contribution >= 0.6 is 12.4 Å². The van der Waals surface area contributed by atoms with Gasteiger partial charge >= 0.3 is 0 Å². The summed E-state index contributed by atoms with van der Waals surface area (Å²) >= 11 is 0. The summed E-state index contributed by atoms with van der Waals surface area (Å²) in [7, 11) is 0. The zero-order chi connectivity index (χ0) is 9.84. The molecular weight excluding hydrogens is 200 g/mol. The monoisotopic (exact) mass is 214 g/mol. The van der Waals surface area contributed by atoms with Crippen molar-refractivity contribution in [1.29, 1.82) is 0 Å². The van der Waals surface area contributed by atoms with E-state index in [0.717, 1.165) is 11.3 Å². The Morgan fingerprint density at radius 2 is 2.00 bits per heavy atom. The summed E-state index contributed by atoms with van der Waals surface area (Å²) < 4.78 is 0. The maximum Gasteiger partial charge on any atom is 0.241 e. The maximum absolute atomic E-state index is 11.2. The number of rotatable bonds is 2. The quantitative estimate of drug-likeness (QED) is 0.788. The van der Waals surface area contributed by atoms with Crippen molar-refractivity contribution in [1.82, 2.24) is 0 Å². The molecule has 0 aliphatic rings. The second-order valence-electron chi connectivity index (χ2n) is 3.09. The van der Waals surface area contributed by atoms with Crippen LogP contribution in [0.3, 0.4) is 0 Å². The minimum absolute atomic E-state index is 0. The van der Waals surface area contributed by atoms with E-state index in [4.69, 9.17) is 5.73 Å². The topological polar surface area (TPSA) is 55.1 Å². The summed E-state index contributed by atoms with van der Waals surface area (Å²) in [6, 6.07) is 7.13. The second-order valence-corrected chi connectivity index (χ2v) is 3.09. The van der Waals surface area contributed by atoms with Crippen molar-refractivity contribution >= 4 is 24.0 Å². The number of hydrogen-bond donors (Lipinski definition) is 2. The van der Waals surface area contributed by atoms with Gasteiger partial charge in [0, 0.05) is 5.69 Å². The SMILES string of the molecule is Cc1ccccc1NC(=O)[C@H](C)N.Cl. The summed E-state index contributed by atoms with van der Waals surface area (Å²) in [5, 5.41) is 2.75. The number of hydrogen-bond acceptors (Lipinski definition) is 2. The fourth-order valence-electron chi connectivity index (χ4n) is 0.960. The Hall–Kier alpha value is -1.06. The average Bonchev–Trinajstić information content (AvgIpc) is 2.08. The number of amides is 1. The van der Waals surface area contributed by atoms with Gasteiger partial charge in [0.05, 0.1) is 6.04 Å². The molecule has 0 saturated carbocycles. The minimum atomic E-state index is -0.473. The molecule has 1 atom stereocenters. The molecule has 0 aliphatic heterocycles. The standard InChI is InChI=1S/C10H14N2O.ClH/c1-7-5-3-4-6-9(7)12-10(13)8(2)11;/h3-6,8H,11H2,1-2H3,(H,12,13);1H/t8-;/m0./s1. The lowest BCUT2D eigenvalue weighted by Crippen LogP contribution is -2.32. The lowest BCUT2D eigenvalue weighted by Gasteiger charge is -2.09. The van der Waals surface area contributed by atoms with Crippen LogP contribution < -0.4 is 11.1 Å². The van der Waals surface area contributed by atoms with E-state index in [0.29, 0.717) is 0 Å². The van der Waals surface area contributed by atoms with Crippen molar-refractivity contribution in [2.75, 3.05) is 5.32 Å². The molecule has 0 bridgehead atoms. The lowest BCUT2D eigenvalue weighted by atomic mass is 10.2. The average molecular weight is 215 g/mol. The molecule has 78 valence electrons. The van der Waals surface area contributed by atoms with E-state index in [1.54, 1.807) is 6.92 Å². The van der Waals surface area contributed by atoms with Crippen LogP contribution in [0, 0.1) is 6.92 Å². The number of benzene rings is 1. The number of halogens is 1. The van der Waals surface area contributed by atoms with Gasteiger partial charge in [-0.3, -0.25) is 4.79 Å². The molecule has 0 radical (unpaired) electrons. The smallest absolute Gasteiger partial charge is 0.241 e. The van der Waals surface area contributed by atoms with E-state index < -0.39 is 6.04 Å². The first-order chi connectivity index (χ1) is 6.11. The highest BCUT2D eigenvalue weighted by Crippen LogP contribution is 2.12. The highest BCUT2D eigenvalue weighted by atomic mass is 35.5. The van der Waals surface area contributed by atoms with Crippen molar-refractivity contribution in [2.45, 2.75) is 19.9 Å². The summed E-state index contributed by atoms with van der Waals surface area (Å²) in [4.78, 5) is 11.2. The highest BCUT2D eigenvalue weighted by Gasteiger charge is 2.07. The van der Waals surface area contributed by atoms with Crippen molar-refractivity contribution in [3.8, 4) is 0 Å². The van der Waals surface area contributed by atoms with Crippen molar-refractivity contribution < 1.29 is 4.79 Å². The van der Waals surface area contributed by atoms with Gasteiger partial charge in [-0.2, -0.15) is 0 Å². The van der Waals surface area contributed by atoms with Gasteiger partial charge in [-0.05, 0) is 25.5 Å². The van der Waals surface area contributed by atoms with Gasteiger partial charge in [0.1, 0.15) is 0 Å². The van der Waals surface area contributed by atoms with Gasteiger partial charge in [0.15, 0.2) is 0 Å². The van der Waals surface area contributed by atoms with Crippen LogP contribution in [-0.4, -0.2) is 11.9 Å². The van der Waals surface area contributed by atoms with Crippen LogP contribution in [0.25, 0.3) is 0 Å². The Morgan fingerprint density at radius 3 is 2.50 bits per heavy atom. The Bertz CT molecular complexity index is 313. The fourth-order valence-corrected chi connectivity index (χ4v) is 0.960. The van der Waals surface area contributed by atoms with Crippen LogP contribution in [0.2, 0.25) is 0 Å². The summed E-state index contributed by atoms with van der Waals surface area (Å²) in [6.07, 6.45) is 0. The Labute approximate surface area is 90.1 Å². The van der Waals surface area contributed by atoms with Gasteiger partial charge in [-0.1, -0.05) is 18.2 Å². The number of carbonyl (C=O) groups excluding carboxylic acids is 1. The molecule has 14 heavy (non-hydrogen) atoms. The molecule has 0 aliphatic carbocycles. The van der Waals surface area contributed by atoms with Crippen LogP contribution in [-0.2, 0) is 4.79 Å². The van der Waals surface area contributed by atoms with Crippen molar-refractivity contribution in [2.24, 2.45) is 5.73 Å². The van der Waals surface area contributed by atoms with Gasteiger partial charge in [-0.25, -0.2) is 0 Å².